The molecule has 0 aromatic heterocycles. The van der Waals surface area contributed by atoms with E-state index in [1.807, 2.05) is 18.0 Å². The molecule has 1 unspecified atom stereocenters. The lowest BCUT2D eigenvalue weighted by Gasteiger charge is -2.21. The molecule has 0 aliphatic carbocycles. The minimum absolute atomic E-state index is 0.243. The standard InChI is InChI=1S/C16H18F2N2/c1-20(10-12-5-7-14(17)8-6-12)11-16(19)13-3-2-4-15(18)9-13/h2-9,16H,10-11,19H2,1H3. The van der Waals surface area contributed by atoms with Gasteiger partial charge in [-0.25, -0.2) is 8.78 Å². The summed E-state index contributed by atoms with van der Waals surface area (Å²) in [5, 5.41) is 0. The number of benzene rings is 2. The fourth-order valence-corrected chi connectivity index (χ4v) is 2.14. The molecule has 2 nitrogen and oxygen atoms in total. The quantitative estimate of drug-likeness (QED) is 0.909. The van der Waals surface area contributed by atoms with Gasteiger partial charge in [-0.15, -0.1) is 0 Å². The van der Waals surface area contributed by atoms with Gasteiger partial charge in [0.05, 0.1) is 0 Å². The molecule has 0 amide bonds. The molecular weight excluding hydrogens is 258 g/mol. The summed E-state index contributed by atoms with van der Waals surface area (Å²) in [5.41, 5.74) is 7.86. The lowest BCUT2D eigenvalue weighted by atomic mass is 10.1. The van der Waals surface area contributed by atoms with Crippen molar-refractivity contribution in [2.24, 2.45) is 5.73 Å². The van der Waals surface area contributed by atoms with Crippen LogP contribution in [-0.2, 0) is 6.54 Å². The van der Waals surface area contributed by atoms with E-state index in [0.29, 0.717) is 13.1 Å². The highest BCUT2D eigenvalue weighted by Crippen LogP contribution is 2.14. The second-order valence-corrected chi connectivity index (χ2v) is 4.98. The van der Waals surface area contributed by atoms with E-state index in [1.165, 1.54) is 24.3 Å². The van der Waals surface area contributed by atoms with E-state index >= 15 is 0 Å². The molecule has 106 valence electrons. The number of rotatable bonds is 5. The van der Waals surface area contributed by atoms with E-state index in [-0.39, 0.29) is 17.7 Å². The number of halogens is 2. The van der Waals surface area contributed by atoms with Crippen LogP contribution in [0.4, 0.5) is 8.78 Å². The van der Waals surface area contributed by atoms with E-state index in [0.717, 1.165) is 11.1 Å². The summed E-state index contributed by atoms with van der Waals surface area (Å²) in [7, 11) is 1.93. The van der Waals surface area contributed by atoms with Crippen molar-refractivity contribution in [2.45, 2.75) is 12.6 Å². The Kier molecular flexibility index (Phi) is 4.82. The van der Waals surface area contributed by atoms with Gasteiger partial charge in [0.1, 0.15) is 11.6 Å². The van der Waals surface area contributed by atoms with E-state index in [4.69, 9.17) is 5.73 Å². The Morgan fingerprint density at radius 3 is 2.40 bits per heavy atom. The number of hydrogen-bond acceptors (Lipinski definition) is 2. The minimum Gasteiger partial charge on any atom is -0.323 e. The lowest BCUT2D eigenvalue weighted by molar-refractivity contribution is 0.305. The van der Waals surface area contributed by atoms with Crippen molar-refractivity contribution in [2.75, 3.05) is 13.6 Å². The van der Waals surface area contributed by atoms with Gasteiger partial charge in [0.2, 0.25) is 0 Å². The molecule has 0 spiro atoms. The summed E-state index contributed by atoms with van der Waals surface area (Å²) in [6, 6.07) is 12.5. The molecule has 0 fully saturated rings. The molecule has 2 aromatic rings. The number of likely N-dealkylation sites (N-methyl/N-ethyl adjacent to an activating group) is 1. The zero-order valence-corrected chi connectivity index (χ0v) is 11.4. The van der Waals surface area contributed by atoms with Gasteiger partial charge in [-0.2, -0.15) is 0 Å². The normalized spacial score (nSPS) is 12.7. The first kappa shape index (κ1) is 14.6. The monoisotopic (exact) mass is 276 g/mol. The Labute approximate surface area is 117 Å². The highest BCUT2D eigenvalue weighted by atomic mass is 19.1. The first-order valence-corrected chi connectivity index (χ1v) is 6.48. The van der Waals surface area contributed by atoms with E-state index in [2.05, 4.69) is 0 Å². The number of nitrogens with zero attached hydrogens (tertiary/aromatic N) is 1. The molecule has 2 N–H and O–H groups in total. The summed E-state index contributed by atoms with van der Waals surface area (Å²) in [4.78, 5) is 2.03. The Morgan fingerprint density at radius 1 is 1.05 bits per heavy atom. The molecule has 0 saturated carbocycles. The lowest BCUT2D eigenvalue weighted by Crippen LogP contribution is -2.28. The van der Waals surface area contributed by atoms with Crippen LogP contribution in [0.15, 0.2) is 48.5 Å². The van der Waals surface area contributed by atoms with E-state index < -0.39 is 0 Å². The average Bonchev–Trinajstić information content (AvgIpc) is 2.41. The summed E-state index contributed by atoms with van der Waals surface area (Å²) >= 11 is 0. The van der Waals surface area contributed by atoms with Gasteiger partial charge >= 0.3 is 0 Å². The average molecular weight is 276 g/mol. The molecule has 0 bridgehead atoms. The summed E-state index contributed by atoms with van der Waals surface area (Å²) < 4.78 is 26.0. The van der Waals surface area contributed by atoms with Crippen LogP contribution in [0.25, 0.3) is 0 Å². The molecule has 2 rings (SSSR count). The summed E-state index contributed by atoms with van der Waals surface area (Å²) in [5.74, 6) is -0.521. The largest absolute Gasteiger partial charge is 0.323 e. The van der Waals surface area contributed by atoms with Crippen LogP contribution >= 0.6 is 0 Å². The van der Waals surface area contributed by atoms with Crippen LogP contribution in [0, 0.1) is 11.6 Å². The van der Waals surface area contributed by atoms with Gasteiger partial charge in [0, 0.05) is 19.1 Å². The molecular formula is C16H18F2N2. The van der Waals surface area contributed by atoms with Crippen molar-refractivity contribution >= 4 is 0 Å². The maximum absolute atomic E-state index is 13.1. The maximum atomic E-state index is 13.1. The van der Waals surface area contributed by atoms with Crippen LogP contribution in [0.5, 0.6) is 0 Å². The number of hydrogen-bond donors (Lipinski definition) is 1. The van der Waals surface area contributed by atoms with Crippen molar-refractivity contribution in [3.63, 3.8) is 0 Å². The third kappa shape index (κ3) is 4.11. The molecule has 0 aliphatic rings. The van der Waals surface area contributed by atoms with Crippen LogP contribution in [-0.4, -0.2) is 18.5 Å². The molecule has 0 heterocycles. The molecule has 2 aromatic carbocycles. The Bertz CT molecular complexity index is 555. The van der Waals surface area contributed by atoms with Gasteiger partial charge in [-0.1, -0.05) is 24.3 Å². The summed E-state index contributed by atoms with van der Waals surface area (Å²) in [6.45, 7) is 1.27. The Morgan fingerprint density at radius 2 is 1.75 bits per heavy atom. The molecule has 1 atom stereocenters. The fraction of sp³-hybridized carbons (Fsp3) is 0.250. The topological polar surface area (TPSA) is 29.3 Å². The van der Waals surface area contributed by atoms with Crippen molar-refractivity contribution in [1.82, 2.24) is 4.90 Å². The first-order valence-electron chi connectivity index (χ1n) is 6.48. The second-order valence-electron chi connectivity index (χ2n) is 4.98. The van der Waals surface area contributed by atoms with Crippen molar-refractivity contribution in [3.05, 3.63) is 71.3 Å². The van der Waals surface area contributed by atoms with Crippen LogP contribution in [0.1, 0.15) is 17.2 Å². The number of nitrogens with two attached hydrogens (primary N) is 1. The van der Waals surface area contributed by atoms with Gasteiger partial charge in [-0.05, 0) is 42.4 Å². The maximum Gasteiger partial charge on any atom is 0.123 e. The summed E-state index contributed by atoms with van der Waals surface area (Å²) in [6.07, 6.45) is 0. The Balaban J connectivity index is 1.93. The minimum atomic E-state index is -0.279. The highest BCUT2D eigenvalue weighted by Gasteiger charge is 2.10. The third-order valence-electron chi connectivity index (χ3n) is 3.15. The van der Waals surface area contributed by atoms with Crippen LogP contribution in [0.3, 0.4) is 0 Å². The first-order chi connectivity index (χ1) is 9.54. The van der Waals surface area contributed by atoms with Gasteiger partial charge in [0.25, 0.3) is 0 Å². The molecule has 0 aliphatic heterocycles. The van der Waals surface area contributed by atoms with Gasteiger partial charge in [-0.3, -0.25) is 0 Å². The molecule has 0 radical (unpaired) electrons. The predicted molar refractivity (Wildman–Crippen MR) is 76.1 cm³/mol. The van der Waals surface area contributed by atoms with Crippen molar-refractivity contribution in [3.8, 4) is 0 Å². The Hall–Kier alpha value is -1.78. The smallest absolute Gasteiger partial charge is 0.123 e. The molecule has 0 saturated heterocycles. The van der Waals surface area contributed by atoms with Crippen molar-refractivity contribution in [1.29, 1.82) is 0 Å². The zero-order chi connectivity index (χ0) is 14.5. The SMILES string of the molecule is CN(Cc1ccc(F)cc1)CC(N)c1cccc(F)c1. The van der Waals surface area contributed by atoms with E-state index in [1.54, 1.807) is 18.2 Å². The molecule has 20 heavy (non-hydrogen) atoms. The zero-order valence-electron chi connectivity index (χ0n) is 11.4. The third-order valence-corrected chi connectivity index (χ3v) is 3.15. The second kappa shape index (κ2) is 6.59. The molecule has 4 heteroatoms. The highest BCUT2D eigenvalue weighted by molar-refractivity contribution is 5.20. The van der Waals surface area contributed by atoms with Crippen molar-refractivity contribution < 1.29 is 8.78 Å². The van der Waals surface area contributed by atoms with Gasteiger partial charge < -0.3 is 10.6 Å². The fourth-order valence-electron chi connectivity index (χ4n) is 2.14. The van der Waals surface area contributed by atoms with Gasteiger partial charge in [0.15, 0.2) is 0 Å². The van der Waals surface area contributed by atoms with E-state index in [9.17, 15) is 8.78 Å². The predicted octanol–water partition coefficient (Wildman–Crippen LogP) is 3.10. The van der Waals surface area contributed by atoms with Crippen LogP contribution in [0.2, 0.25) is 0 Å². The van der Waals surface area contributed by atoms with Crippen LogP contribution < -0.4 is 5.73 Å².